The number of benzene rings is 2. The van der Waals surface area contributed by atoms with Crippen molar-refractivity contribution in [2.24, 2.45) is 5.92 Å². The van der Waals surface area contributed by atoms with Crippen molar-refractivity contribution in [3.05, 3.63) is 69.2 Å². The molecule has 0 aromatic heterocycles. The van der Waals surface area contributed by atoms with Crippen LogP contribution in [0.15, 0.2) is 48.5 Å². The summed E-state index contributed by atoms with van der Waals surface area (Å²) in [4.78, 5) is 23.1. The summed E-state index contributed by atoms with van der Waals surface area (Å²) in [7, 11) is 0. The summed E-state index contributed by atoms with van der Waals surface area (Å²) in [5, 5.41) is 15.7. The van der Waals surface area contributed by atoms with Crippen LogP contribution in [0.1, 0.15) is 31.9 Å². The first-order valence-corrected chi connectivity index (χ1v) is 8.89. The molecule has 0 spiro atoms. The van der Waals surface area contributed by atoms with Gasteiger partial charge < -0.3 is 10.6 Å². The Kier molecular flexibility index (Phi) is 7.12. The highest BCUT2D eigenvalue weighted by atomic mass is 35.5. The first-order chi connectivity index (χ1) is 12.4. The Morgan fingerprint density at radius 2 is 1.92 bits per heavy atom. The van der Waals surface area contributed by atoms with Gasteiger partial charge in [0.1, 0.15) is 0 Å². The first kappa shape index (κ1) is 19.9. The molecule has 7 heteroatoms. The van der Waals surface area contributed by atoms with Crippen LogP contribution in [0, 0.1) is 16.0 Å². The van der Waals surface area contributed by atoms with E-state index >= 15 is 0 Å². The predicted octanol–water partition coefficient (Wildman–Crippen LogP) is 3.54. The lowest BCUT2D eigenvalue weighted by atomic mass is 10.0. The summed E-state index contributed by atoms with van der Waals surface area (Å²) >= 11 is 6.08. The van der Waals surface area contributed by atoms with Crippen LogP contribution in [-0.4, -0.2) is 17.4 Å². The van der Waals surface area contributed by atoms with Gasteiger partial charge in [0, 0.05) is 17.7 Å². The van der Waals surface area contributed by atoms with E-state index in [4.69, 9.17) is 11.6 Å². The van der Waals surface area contributed by atoms with E-state index in [0.717, 1.165) is 18.5 Å². The van der Waals surface area contributed by atoms with Crippen molar-refractivity contribution in [1.29, 1.82) is 0 Å². The second-order valence-electron chi connectivity index (χ2n) is 6.51. The number of nitro benzene ring substituents is 1. The molecule has 0 aliphatic heterocycles. The van der Waals surface area contributed by atoms with Crippen molar-refractivity contribution in [3.63, 3.8) is 0 Å². The fourth-order valence-electron chi connectivity index (χ4n) is 2.58. The van der Waals surface area contributed by atoms with Gasteiger partial charge >= 0.3 is 0 Å². The Balaban J connectivity index is 2.17. The molecular formula is C19H23ClN3O3+. The van der Waals surface area contributed by atoms with Gasteiger partial charge in [0.2, 0.25) is 0 Å². The van der Waals surface area contributed by atoms with E-state index in [1.807, 2.05) is 35.6 Å². The van der Waals surface area contributed by atoms with Crippen molar-refractivity contribution >= 4 is 28.9 Å². The van der Waals surface area contributed by atoms with Crippen LogP contribution in [-0.2, 0) is 4.79 Å². The van der Waals surface area contributed by atoms with Crippen molar-refractivity contribution in [1.82, 2.24) is 0 Å². The second kappa shape index (κ2) is 9.31. The maximum atomic E-state index is 12.8. The van der Waals surface area contributed by atoms with Crippen LogP contribution in [0.25, 0.3) is 0 Å². The molecule has 6 nitrogen and oxygen atoms in total. The molecule has 0 bridgehead atoms. The van der Waals surface area contributed by atoms with Gasteiger partial charge in [0.05, 0.1) is 22.2 Å². The van der Waals surface area contributed by atoms with E-state index in [0.29, 0.717) is 11.6 Å². The number of nitrogens with one attached hydrogen (secondary N) is 1. The Bertz CT molecular complexity index is 766. The number of carbonyl (C=O) groups excluding carboxylic acids is 1. The molecule has 138 valence electrons. The number of amides is 1. The lowest BCUT2D eigenvalue weighted by molar-refractivity contribution is -0.683. The maximum Gasteiger partial charge on any atom is 0.287 e. The number of nitro groups is 1. The van der Waals surface area contributed by atoms with E-state index in [-0.39, 0.29) is 16.6 Å². The van der Waals surface area contributed by atoms with E-state index in [1.165, 1.54) is 18.2 Å². The largest absolute Gasteiger partial charge is 0.332 e. The van der Waals surface area contributed by atoms with Crippen LogP contribution in [0.4, 0.5) is 11.4 Å². The van der Waals surface area contributed by atoms with Gasteiger partial charge in [0.15, 0.2) is 6.04 Å². The number of hydrogen-bond acceptors (Lipinski definition) is 3. The van der Waals surface area contributed by atoms with Crippen LogP contribution in [0.3, 0.4) is 0 Å². The summed E-state index contributed by atoms with van der Waals surface area (Å²) in [6, 6.07) is 13.1. The molecule has 0 saturated carbocycles. The Hall–Kier alpha value is -2.44. The predicted molar refractivity (Wildman–Crippen MR) is 102 cm³/mol. The van der Waals surface area contributed by atoms with E-state index in [9.17, 15) is 14.9 Å². The molecule has 2 aromatic rings. The summed E-state index contributed by atoms with van der Waals surface area (Å²) in [5.74, 6) is 0.338. The third-order valence-corrected chi connectivity index (χ3v) is 4.32. The number of rotatable bonds is 8. The zero-order valence-corrected chi connectivity index (χ0v) is 15.6. The Labute approximate surface area is 157 Å². The lowest BCUT2D eigenvalue weighted by Crippen LogP contribution is -2.87. The minimum atomic E-state index is -0.524. The van der Waals surface area contributed by atoms with Crippen molar-refractivity contribution in [2.45, 2.75) is 26.3 Å². The molecule has 1 atom stereocenters. The van der Waals surface area contributed by atoms with Crippen molar-refractivity contribution in [3.8, 4) is 0 Å². The molecule has 26 heavy (non-hydrogen) atoms. The Morgan fingerprint density at radius 3 is 2.50 bits per heavy atom. The summed E-state index contributed by atoms with van der Waals surface area (Å²) < 4.78 is 0. The molecule has 3 N–H and O–H groups in total. The van der Waals surface area contributed by atoms with Crippen molar-refractivity contribution in [2.75, 3.05) is 11.9 Å². The average Bonchev–Trinajstić information content (AvgIpc) is 2.60. The number of nitrogens with two attached hydrogens (primary N) is 1. The standard InChI is InChI=1S/C19H22ClN3O3/c1-13(2)10-11-21-18(14-6-4-3-5-7-14)19(24)22-17-9-8-15(23(25)26)12-16(17)20/h3-9,12-13,18,21H,10-11H2,1-2H3,(H,22,24)/p+1/t18-/m1/s1. The normalized spacial score (nSPS) is 12.0. The molecule has 0 aliphatic carbocycles. The SMILES string of the molecule is CC(C)CC[NH2+][C@@H](C(=O)Nc1ccc([N+](=O)[O-])cc1Cl)c1ccccc1. The maximum absolute atomic E-state index is 12.8. The number of hydrogen-bond donors (Lipinski definition) is 2. The van der Waals surface area contributed by atoms with Gasteiger partial charge in [-0.2, -0.15) is 0 Å². The van der Waals surface area contributed by atoms with Crippen LogP contribution >= 0.6 is 11.6 Å². The zero-order valence-electron chi connectivity index (χ0n) is 14.8. The molecule has 0 unspecified atom stereocenters. The smallest absolute Gasteiger partial charge is 0.287 e. The van der Waals surface area contributed by atoms with Gasteiger partial charge in [-0.25, -0.2) is 0 Å². The Morgan fingerprint density at radius 1 is 1.23 bits per heavy atom. The third-order valence-electron chi connectivity index (χ3n) is 4.01. The number of halogens is 1. The summed E-state index contributed by atoms with van der Waals surface area (Å²) in [5.41, 5.74) is 1.14. The molecule has 0 saturated heterocycles. The number of quaternary nitrogens is 1. The fraction of sp³-hybridized carbons (Fsp3) is 0.316. The highest BCUT2D eigenvalue weighted by Crippen LogP contribution is 2.27. The van der Waals surface area contributed by atoms with Gasteiger partial charge in [-0.3, -0.25) is 14.9 Å². The summed E-state index contributed by atoms with van der Waals surface area (Å²) in [6.07, 6.45) is 0.995. The minimum absolute atomic E-state index is 0.115. The topological polar surface area (TPSA) is 88.8 Å². The van der Waals surface area contributed by atoms with E-state index < -0.39 is 11.0 Å². The van der Waals surface area contributed by atoms with Crippen LogP contribution in [0.5, 0.6) is 0 Å². The van der Waals surface area contributed by atoms with Gasteiger partial charge in [-0.1, -0.05) is 55.8 Å². The van der Waals surface area contributed by atoms with Crippen LogP contribution < -0.4 is 10.6 Å². The molecule has 2 rings (SSSR count). The van der Waals surface area contributed by atoms with Crippen molar-refractivity contribution < 1.29 is 15.0 Å². The molecule has 0 fully saturated rings. The lowest BCUT2D eigenvalue weighted by Gasteiger charge is -2.17. The van der Waals surface area contributed by atoms with E-state index in [2.05, 4.69) is 19.2 Å². The first-order valence-electron chi connectivity index (χ1n) is 8.51. The van der Waals surface area contributed by atoms with Gasteiger partial charge in [-0.05, 0) is 18.4 Å². The molecule has 0 radical (unpaired) electrons. The number of anilines is 1. The third kappa shape index (κ3) is 5.54. The van der Waals surface area contributed by atoms with E-state index in [1.54, 1.807) is 0 Å². The number of non-ortho nitro benzene ring substituents is 1. The minimum Gasteiger partial charge on any atom is -0.332 e. The zero-order chi connectivity index (χ0) is 19.1. The number of nitrogens with zero attached hydrogens (tertiary/aromatic N) is 1. The molecular weight excluding hydrogens is 354 g/mol. The highest BCUT2D eigenvalue weighted by molar-refractivity contribution is 6.34. The molecule has 0 heterocycles. The monoisotopic (exact) mass is 376 g/mol. The second-order valence-corrected chi connectivity index (χ2v) is 6.91. The quantitative estimate of drug-likeness (QED) is 0.545. The molecule has 2 aromatic carbocycles. The van der Waals surface area contributed by atoms with Crippen LogP contribution in [0.2, 0.25) is 5.02 Å². The average molecular weight is 377 g/mol. The highest BCUT2D eigenvalue weighted by Gasteiger charge is 2.25. The summed E-state index contributed by atoms with van der Waals surface area (Å²) in [6.45, 7) is 5.10. The number of carbonyl (C=O) groups is 1. The fourth-order valence-corrected chi connectivity index (χ4v) is 2.80. The van der Waals surface area contributed by atoms with Gasteiger partial charge in [0.25, 0.3) is 11.6 Å². The molecule has 0 aliphatic rings. The van der Waals surface area contributed by atoms with Gasteiger partial charge in [-0.15, -0.1) is 0 Å². The molecule has 1 amide bonds.